The second kappa shape index (κ2) is 7.25. The highest BCUT2D eigenvalue weighted by molar-refractivity contribution is 7.17. The van der Waals surface area contributed by atoms with Gasteiger partial charge >= 0.3 is 0 Å². The van der Waals surface area contributed by atoms with Crippen LogP contribution in [0.5, 0.6) is 0 Å². The third-order valence-corrected chi connectivity index (χ3v) is 5.72. The van der Waals surface area contributed by atoms with Crippen LogP contribution in [0.3, 0.4) is 0 Å². The number of H-pyrrole nitrogens is 1. The van der Waals surface area contributed by atoms with Crippen molar-refractivity contribution in [1.82, 2.24) is 20.6 Å². The molecule has 0 aliphatic carbocycles. The predicted molar refractivity (Wildman–Crippen MR) is 110 cm³/mol. The second-order valence-electron chi connectivity index (χ2n) is 5.66. The van der Waals surface area contributed by atoms with E-state index in [9.17, 15) is 0 Å². The van der Waals surface area contributed by atoms with Crippen molar-refractivity contribution in [2.45, 2.75) is 6.17 Å². The van der Waals surface area contributed by atoms with E-state index < -0.39 is 0 Å². The maximum atomic E-state index is 6.46. The number of nitrogens with zero attached hydrogens (tertiary/aromatic N) is 2. The average Bonchev–Trinajstić information content (AvgIpc) is 3.31. The summed E-state index contributed by atoms with van der Waals surface area (Å²) in [6.45, 7) is 0. The molecule has 1 unspecified atom stereocenters. The van der Waals surface area contributed by atoms with Crippen LogP contribution in [0.4, 0.5) is 0 Å². The third kappa shape index (κ3) is 3.29. The number of halogens is 2. The molecule has 0 saturated carbocycles. The summed E-state index contributed by atoms with van der Waals surface area (Å²) in [4.78, 5) is 14.1. The molecule has 8 heteroatoms. The smallest absolute Gasteiger partial charge is 0.148 e. The first-order chi connectivity index (χ1) is 12.7. The molecule has 3 N–H and O–H groups in total. The number of nitrogens with one attached hydrogen (secondary N) is 3. The molecule has 0 saturated heterocycles. The van der Waals surface area contributed by atoms with Crippen LogP contribution in [0.1, 0.15) is 4.88 Å². The molecule has 1 atom stereocenters. The summed E-state index contributed by atoms with van der Waals surface area (Å²) in [5.74, 6) is 0.797. The van der Waals surface area contributed by atoms with Crippen LogP contribution in [0.15, 0.2) is 47.7 Å². The highest BCUT2D eigenvalue weighted by atomic mass is 35.5. The van der Waals surface area contributed by atoms with Gasteiger partial charge in [-0.3, -0.25) is 5.32 Å². The number of benzene rings is 1. The number of aromatic amines is 1. The zero-order valence-corrected chi connectivity index (χ0v) is 16.1. The Morgan fingerprint density at radius 1 is 1.19 bits per heavy atom. The largest absolute Gasteiger partial charge is 0.357 e. The lowest BCUT2D eigenvalue weighted by molar-refractivity contribution is 0.635. The first-order valence-corrected chi connectivity index (χ1v) is 9.50. The lowest BCUT2D eigenvalue weighted by Gasteiger charge is -2.16. The topological polar surface area (TPSA) is 65.1 Å². The zero-order valence-electron chi connectivity index (χ0n) is 13.8. The predicted octanol–water partition coefficient (Wildman–Crippen LogP) is 4.63. The van der Waals surface area contributed by atoms with Crippen LogP contribution in [0.25, 0.3) is 27.5 Å². The number of thiophene rings is 1. The Hall–Kier alpha value is -2.12. The summed E-state index contributed by atoms with van der Waals surface area (Å²) in [5, 5.41) is 7.52. The van der Waals surface area contributed by atoms with Gasteiger partial charge in [0.25, 0.3) is 0 Å². The Kier molecular flexibility index (Phi) is 4.82. The fourth-order valence-corrected chi connectivity index (χ4v) is 4.36. The van der Waals surface area contributed by atoms with Gasteiger partial charge in [-0.1, -0.05) is 29.3 Å². The fourth-order valence-electron chi connectivity index (χ4n) is 2.74. The molecule has 26 heavy (non-hydrogen) atoms. The molecule has 1 aliphatic heterocycles. The Labute approximate surface area is 164 Å². The quantitative estimate of drug-likeness (QED) is 0.594. The summed E-state index contributed by atoms with van der Waals surface area (Å²) in [5.41, 5.74) is 2.81. The van der Waals surface area contributed by atoms with Gasteiger partial charge in [-0.15, -0.1) is 11.3 Å². The minimum atomic E-state index is 0.0410. The first-order valence-electron chi connectivity index (χ1n) is 7.93. The third-order valence-electron chi connectivity index (χ3n) is 4.01. The number of rotatable bonds is 4. The molecule has 0 spiro atoms. The van der Waals surface area contributed by atoms with E-state index in [1.807, 2.05) is 25.3 Å². The van der Waals surface area contributed by atoms with Crippen molar-refractivity contribution in [2.24, 2.45) is 4.99 Å². The van der Waals surface area contributed by atoms with Crippen LogP contribution in [-0.4, -0.2) is 29.5 Å². The van der Waals surface area contributed by atoms with E-state index in [0.717, 1.165) is 32.4 Å². The van der Waals surface area contributed by atoms with Crippen LogP contribution in [0, 0.1) is 0 Å². The highest BCUT2D eigenvalue weighted by Gasteiger charge is 2.20. The molecule has 3 heterocycles. The standard InChI is InChI=1S/C18H15Cl2N5S/c1-21-16-8-14(24-9-25-16)15-7-12(11-3-2-10(19)6-13(11)20)17(26-15)18-22-4-5-23-18/h2-9,16,21H,1H3,(H,22,23)(H,24,25). The molecule has 132 valence electrons. The molecule has 4 rings (SSSR count). The summed E-state index contributed by atoms with van der Waals surface area (Å²) in [7, 11) is 1.90. The van der Waals surface area contributed by atoms with Crippen LogP contribution in [0.2, 0.25) is 10.0 Å². The van der Waals surface area contributed by atoms with E-state index in [1.54, 1.807) is 36.1 Å². The van der Waals surface area contributed by atoms with Crippen molar-refractivity contribution >= 4 is 46.6 Å². The van der Waals surface area contributed by atoms with Crippen molar-refractivity contribution < 1.29 is 0 Å². The maximum Gasteiger partial charge on any atom is 0.148 e. The molecule has 0 radical (unpaired) electrons. The zero-order chi connectivity index (χ0) is 18.1. The number of hydrogen-bond donors (Lipinski definition) is 3. The summed E-state index contributed by atoms with van der Waals surface area (Å²) in [6, 6.07) is 7.62. The minimum Gasteiger partial charge on any atom is -0.357 e. The van der Waals surface area contributed by atoms with Crippen LogP contribution in [-0.2, 0) is 0 Å². The molecule has 0 amide bonds. The van der Waals surface area contributed by atoms with E-state index in [2.05, 4.69) is 31.7 Å². The van der Waals surface area contributed by atoms with Gasteiger partial charge in [0, 0.05) is 33.6 Å². The lowest BCUT2D eigenvalue weighted by Crippen LogP contribution is -2.39. The van der Waals surface area contributed by atoms with Gasteiger partial charge in [0.05, 0.1) is 28.0 Å². The Bertz CT molecular complexity index is 991. The maximum absolute atomic E-state index is 6.46. The SMILES string of the molecule is CNC1C=C(c2cc(-c3ccc(Cl)cc3Cl)c(-c3ncc[nH]3)s2)N=CN1. The number of hydrogen-bond acceptors (Lipinski definition) is 5. The molecule has 5 nitrogen and oxygen atoms in total. The molecule has 0 bridgehead atoms. The molecule has 1 aromatic carbocycles. The summed E-state index contributed by atoms with van der Waals surface area (Å²) >= 11 is 14.1. The van der Waals surface area contributed by atoms with Gasteiger partial charge in [-0.25, -0.2) is 9.98 Å². The number of likely N-dealkylation sites (N-methyl/N-ethyl adjacent to an activating group) is 1. The molecule has 3 aromatic rings. The Balaban J connectivity index is 1.86. The van der Waals surface area contributed by atoms with Crippen LogP contribution < -0.4 is 10.6 Å². The van der Waals surface area contributed by atoms with E-state index in [4.69, 9.17) is 23.2 Å². The van der Waals surface area contributed by atoms with Gasteiger partial charge < -0.3 is 10.3 Å². The molecule has 0 fully saturated rings. The number of aromatic nitrogens is 2. The highest BCUT2D eigenvalue weighted by Crippen LogP contribution is 2.43. The van der Waals surface area contributed by atoms with Gasteiger partial charge in [0.15, 0.2) is 0 Å². The van der Waals surface area contributed by atoms with Crippen molar-refractivity contribution in [3.63, 3.8) is 0 Å². The van der Waals surface area contributed by atoms with Crippen molar-refractivity contribution in [1.29, 1.82) is 0 Å². The van der Waals surface area contributed by atoms with E-state index >= 15 is 0 Å². The lowest BCUT2D eigenvalue weighted by atomic mass is 10.1. The molecular weight excluding hydrogens is 389 g/mol. The van der Waals surface area contributed by atoms with Gasteiger partial charge in [0.1, 0.15) is 5.82 Å². The van der Waals surface area contributed by atoms with Crippen molar-refractivity contribution in [3.8, 4) is 21.8 Å². The van der Waals surface area contributed by atoms with E-state index in [0.29, 0.717) is 10.0 Å². The normalized spacial score (nSPS) is 16.4. The van der Waals surface area contributed by atoms with Gasteiger partial charge in [-0.2, -0.15) is 0 Å². The summed E-state index contributed by atoms with van der Waals surface area (Å²) in [6.07, 6.45) is 7.34. The van der Waals surface area contributed by atoms with Crippen molar-refractivity contribution in [3.05, 3.63) is 57.7 Å². The second-order valence-corrected chi connectivity index (χ2v) is 7.55. The Morgan fingerprint density at radius 3 is 2.81 bits per heavy atom. The average molecular weight is 404 g/mol. The van der Waals surface area contributed by atoms with Gasteiger partial charge in [-0.05, 0) is 31.3 Å². The monoisotopic (exact) mass is 403 g/mol. The van der Waals surface area contributed by atoms with E-state index in [1.165, 1.54) is 0 Å². The number of aliphatic imine (C=N–C) groups is 1. The number of imidazole rings is 1. The molecule has 1 aliphatic rings. The molecular formula is C18H15Cl2N5S. The van der Waals surface area contributed by atoms with Crippen LogP contribution >= 0.6 is 34.5 Å². The van der Waals surface area contributed by atoms with E-state index in [-0.39, 0.29) is 6.17 Å². The summed E-state index contributed by atoms with van der Waals surface area (Å²) < 4.78 is 0. The van der Waals surface area contributed by atoms with Crippen molar-refractivity contribution in [2.75, 3.05) is 7.05 Å². The van der Waals surface area contributed by atoms with Gasteiger partial charge in [0.2, 0.25) is 0 Å². The fraction of sp³-hybridized carbons (Fsp3) is 0.111. The molecule has 2 aromatic heterocycles. The minimum absolute atomic E-state index is 0.0410. The Morgan fingerprint density at radius 2 is 2.08 bits per heavy atom. The first kappa shape index (κ1) is 17.3.